The molecule has 26 heavy (non-hydrogen) atoms. The average molecular weight is 365 g/mol. The van der Waals surface area contributed by atoms with E-state index in [0.717, 1.165) is 0 Å². The van der Waals surface area contributed by atoms with Gasteiger partial charge in [0.05, 0.1) is 11.5 Å². The molecule has 7 heteroatoms. The predicted octanol–water partition coefficient (Wildman–Crippen LogP) is 2.11. The van der Waals surface area contributed by atoms with Crippen LogP contribution in [0.4, 0.5) is 4.79 Å². The summed E-state index contributed by atoms with van der Waals surface area (Å²) in [7, 11) is 0. The van der Waals surface area contributed by atoms with Crippen LogP contribution in [0, 0.1) is 0 Å². The van der Waals surface area contributed by atoms with Crippen LogP contribution in [-0.4, -0.2) is 45.6 Å². The summed E-state index contributed by atoms with van der Waals surface area (Å²) in [6.45, 7) is 5.37. The van der Waals surface area contributed by atoms with E-state index >= 15 is 0 Å². The first-order chi connectivity index (χ1) is 12.1. The molecule has 2 atom stereocenters. The van der Waals surface area contributed by atoms with Crippen LogP contribution < -0.4 is 5.32 Å². The van der Waals surface area contributed by atoms with Gasteiger partial charge in [0.2, 0.25) is 0 Å². The van der Waals surface area contributed by atoms with E-state index in [2.05, 4.69) is 5.32 Å². The molecule has 0 aliphatic heterocycles. The van der Waals surface area contributed by atoms with Crippen molar-refractivity contribution in [2.45, 2.75) is 63.3 Å². The number of hydrogen-bond donors (Lipinski definition) is 4. The molecule has 1 aliphatic rings. The van der Waals surface area contributed by atoms with E-state index in [9.17, 15) is 24.9 Å². The molecule has 1 amide bonds. The molecule has 0 heterocycles. The maximum atomic E-state index is 11.6. The predicted molar refractivity (Wildman–Crippen MR) is 94.8 cm³/mol. The quantitative estimate of drug-likeness (QED) is 0.588. The molecule has 1 aromatic carbocycles. The topological polar surface area (TPSA) is 116 Å². The summed E-state index contributed by atoms with van der Waals surface area (Å²) in [6, 6.07) is 6.75. The Morgan fingerprint density at radius 1 is 1.23 bits per heavy atom. The Bertz CT molecular complexity index is 662. The van der Waals surface area contributed by atoms with Gasteiger partial charge in [-0.2, -0.15) is 0 Å². The molecule has 0 radical (unpaired) electrons. The second-order valence-corrected chi connectivity index (χ2v) is 7.70. The van der Waals surface area contributed by atoms with Gasteiger partial charge in [0.1, 0.15) is 11.7 Å². The smallest absolute Gasteiger partial charge is 0.407 e. The van der Waals surface area contributed by atoms with E-state index in [0.29, 0.717) is 24.0 Å². The first-order valence-electron chi connectivity index (χ1n) is 8.72. The Hall–Kier alpha value is -2.12. The van der Waals surface area contributed by atoms with E-state index in [1.54, 1.807) is 45.0 Å². The maximum absolute atomic E-state index is 11.6. The Balaban J connectivity index is 1.98. The van der Waals surface area contributed by atoms with Gasteiger partial charge in [-0.25, -0.2) is 4.79 Å². The summed E-state index contributed by atoms with van der Waals surface area (Å²) in [6.07, 6.45) is -1.83. The minimum absolute atomic E-state index is 0.106. The van der Waals surface area contributed by atoms with Crippen LogP contribution in [0.3, 0.4) is 0 Å². The number of alkyl carbamates (subject to hydrolysis) is 1. The van der Waals surface area contributed by atoms with Gasteiger partial charge in [0.15, 0.2) is 0 Å². The van der Waals surface area contributed by atoms with Crippen LogP contribution in [0.2, 0.25) is 0 Å². The van der Waals surface area contributed by atoms with Crippen LogP contribution in [0.15, 0.2) is 24.3 Å². The standard InChI is InChI=1S/C19H27NO6/c1-18(2,3)26-17(25)20-11-8-14(21)15(22)12-6-4-5-7-13(12)19(9-10-19)16(23)24/h4-7,14-15,21-22H,8-11H2,1-3H3,(H,20,25)(H,23,24). The van der Waals surface area contributed by atoms with Crippen LogP contribution in [0.25, 0.3) is 0 Å². The molecule has 1 aromatic rings. The number of carbonyl (C=O) groups excluding carboxylic acids is 1. The Morgan fingerprint density at radius 3 is 2.38 bits per heavy atom. The summed E-state index contributed by atoms with van der Waals surface area (Å²) in [5, 5.41) is 32.8. The normalized spacial score (nSPS) is 17.9. The van der Waals surface area contributed by atoms with Crippen molar-refractivity contribution in [3.05, 3.63) is 35.4 Å². The highest BCUT2D eigenvalue weighted by Crippen LogP contribution is 2.50. The molecule has 7 nitrogen and oxygen atoms in total. The van der Waals surface area contributed by atoms with Crippen molar-refractivity contribution in [1.29, 1.82) is 0 Å². The Labute approximate surface area is 153 Å². The average Bonchev–Trinajstić information content (AvgIpc) is 3.34. The second kappa shape index (κ2) is 7.63. The largest absolute Gasteiger partial charge is 0.481 e. The molecule has 0 spiro atoms. The van der Waals surface area contributed by atoms with Gasteiger partial charge < -0.3 is 25.4 Å². The minimum atomic E-state index is -1.23. The lowest BCUT2D eigenvalue weighted by Gasteiger charge is -2.24. The molecule has 144 valence electrons. The van der Waals surface area contributed by atoms with Crippen molar-refractivity contribution in [3.8, 4) is 0 Å². The first kappa shape index (κ1) is 20.2. The lowest BCUT2D eigenvalue weighted by atomic mass is 9.87. The van der Waals surface area contributed by atoms with Crippen LogP contribution in [0.1, 0.15) is 57.3 Å². The molecule has 0 saturated heterocycles. The molecule has 0 aromatic heterocycles. The molecule has 1 aliphatic carbocycles. The number of benzene rings is 1. The van der Waals surface area contributed by atoms with Gasteiger partial charge in [-0.05, 0) is 51.2 Å². The fraction of sp³-hybridized carbons (Fsp3) is 0.579. The number of amides is 1. The number of carbonyl (C=O) groups is 2. The summed E-state index contributed by atoms with van der Waals surface area (Å²) >= 11 is 0. The maximum Gasteiger partial charge on any atom is 0.407 e. The highest BCUT2D eigenvalue weighted by Gasteiger charge is 2.53. The second-order valence-electron chi connectivity index (χ2n) is 7.70. The Morgan fingerprint density at radius 2 is 1.85 bits per heavy atom. The van der Waals surface area contributed by atoms with Crippen LogP contribution in [0.5, 0.6) is 0 Å². The molecular weight excluding hydrogens is 338 g/mol. The van der Waals surface area contributed by atoms with Crippen molar-refractivity contribution in [1.82, 2.24) is 5.32 Å². The highest BCUT2D eigenvalue weighted by molar-refractivity contribution is 5.85. The third kappa shape index (κ3) is 4.74. The number of ether oxygens (including phenoxy) is 1. The summed E-state index contributed by atoms with van der Waals surface area (Å²) in [5.41, 5.74) is -0.626. The van der Waals surface area contributed by atoms with E-state index in [-0.39, 0.29) is 13.0 Å². The number of nitrogens with one attached hydrogen (secondary N) is 1. The van der Waals surface area contributed by atoms with Crippen molar-refractivity contribution in [2.24, 2.45) is 0 Å². The Kier molecular flexibility index (Phi) is 5.93. The van der Waals surface area contributed by atoms with Crippen molar-refractivity contribution >= 4 is 12.1 Å². The molecule has 0 bridgehead atoms. The van der Waals surface area contributed by atoms with Gasteiger partial charge in [-0.15, -0.1) is 0 Å². The number of hydrogen-bond acceptors (Lipinski definition) is 5. The van der Waals surface area contributed by atoms with Gasteiger partial charge in [0.25, 0.3) is 0 Å². The molecule has 1 saturated carbocycles. The third-order valence-electron chi connectivity index (χ3n) is 4.43. The highest BCUT2D eigenvalue weighted by atomic mass is 16.6. The molecule has 2 unspecified atom stereocenters. The minimum Gasteiger partial charge on any atom is -0.481 e. The number of rotatable bonds is 7. The zero-order chi connectivity index (χ0) is 19.5. The zero-order valence-electron chi connectivity index (χ0n) is 15.4. The lowest BCUT2D eigenvalue weighted by molar-refractivity contribution is -0.140. The van der Waals surface area contributed by atoms with Crippen molar-refractivity contribution < 1.29 is 29.6 Å². The SMILES string of the molecule is CC(C)(C)OC(=O)NCCC(O)C(O)c1ccccc1C1(C(=O)O)CC1. The lowest BCUT2D eigenvalue weighted by Crippen LogP contribution is -2.35. The number of carboxylic acids is 1. The fourth-order valence-corrected chi connectivity index (χ4v) is 2.92. The molecule has 1 fully saturated rings. The van der Waals surface area contributed by atoms with E-state index < -0.39 is 35.3 Å². The summed E-state index contributed by atoms with van der Waals surface area (Å²) in [4.78, 5) is 23.2. The van der Waals surface area contributed by atoms with Gasteiger partial charge >= 0.3 is 12.1 Å². The number of aliphatic carboxylic acids is 1. The van der Waals surface area contributed by atoms with Crippen molar-refractivity contribution in [3.63, 3.8) is 0 Å². The number of carboxylic acid groups (broad SMARTS) is 1. The van der Waals surface area contributed by atoms with E-state index in [1.807, 2.05) is 0 Å². The number of aliphatic hydroxyl groups excluding tert-OH is 2. The zero-order valence-corrected chi connectivity index (χ0v) is 15.4. The van der Waals surface area contributed by atoms with Crippen LogP contribution in [-0.2, 0) is 14.9 Å². The fourth-order valence-electron chi connectivity index (χ4n) is 2.92. The molecule has 4 N–H and O–H groups in total. The molecule has 2 rings (SSSR count). The van der Waals surface area contributed by atoms with Gasteiger partial charge in [0, 0.05) is 6.54 Å². The summed E-state index contributed by atoms with van der Waals surface area (Å²) in [5.74, 6) is -0.918. The van der Waals surface area contributed by atoms with Crippen LogP contribution >= 0.6 is 0 Å². The monoisotopic (exact) mass is 365 g/mol. The first-order valence-corrected chi connectivity index (χ1v) is 8.72. The van der Waals surface area contributed by atoms with Gasteiger partial charge in [-0.3, -0.25) is 4.79 Å². The van der Waals surface area contributed by atoms with E-state index in [4.69, 9.17) is 4.74 Å². The van der Waals surface area contributed by atoms with Gasteiger partial charge in [-0.1, -0.05) is 24.3 Å². The number of aliphatic hydroxyl groups is 2. The summed E-state index contributed by atoms with van der Waals surface area (Å²) < 4.78 is 5.10. The van der Waals surface area contributed by atoms with E-state index in [1.165, 1.54) is 0 Å². The molecular formula is C19H27NO6. The van der Waals surface area contributed by atoms with Crippen molar-refractivity contribution in [2.75, 3.05) is 6.54 Å². The third-order valence-corrected chi connectivity index (χ3v) is 4.43.